The van der Waals surface area contributed by atoms with E-state index in [4.69, 9.17) is 0 Å². The highest BCUT2D eigenvalue weighted by Gasteiger charge is 2.43. The lowest BCUT2D eigenvalue weighted by molar-refractivity contribution is 0.171. The summed E-state index contributed by atoms with van der Waals surface area (Å²) in [5.74, 6) is 8.09. The van der Waals surface area contributed by atoms with Crippen LogP contribution in [0.4, 0.5) is 0 Å². The van der Waals surface area contributed by atoms with Crippen LogP contribution in [-0.2, 0) is 12.8 Å². The Morgan fingerprint density at radius 3 is 0.584 bits per heavy atom. The van der Waals surface area contributed by atoms with Crippen molar-refractivity contribution >= 4 is 0 Å². The van der Waals surface area contributed by atoms with Crippen LogP contribution in [0.2, 0.25) is 0 Å². The predicted octanol–water partition coefficient (Wildman–Crippen LogP) is 32.3. The Balaban J connectivity index is 0.000000149. The zero-order valence-electron chi connectivity index (χ0n) is 93.8. The molecule has 796 valence electrons. The molecule has 14 N–H and O–H groups in total. The van der Waals surface area contributed by atoms with Gasteiger partial charge in [-0.25, -0.2) is 0 Å². The minimum Gasteiger partial charge on any atom is -0.507 e. The second-order valence-electron chi connectivity index (χ2n) is 46.5. The maximum atomic E-state index is 11.0. The molecule has 0 amide bonds. The Hall–Kier alpha value is -12.1. The number of aliphatic hydroxyl groups excluding tert-OH is 2. The van der Waals surface area contributed by atoms with Gasteiger partial charge in [0.05, 0.1) is 0 Å². The van der Waals surface area contributed by atoms with Gasteiger partial charge >= 0.3 is 0 Å². The molecule has 12 aromatic rings. The van der Waals surface area contributed by atoms with Crippen molar-refractivity contribution in [2.45, 2.75) is 337 Å². The quantitative estimate of drug-likeness (QED) is 0.0281. The van der Waals surface area contributed by atoms with Crippen LogP contribution in [0.1, 0.15) is 372 Å². The van der Waals surface area contributed by atoms with Crippen molar-refractivity contribution < 1.29 is 71.5 Å². The maximum Gasteiger partial charge on any atom is 0.122 e. The summed E-state index contributed by atoms with van der Waals surface area (Å²) in [7, 11) is 0. The normalized spacial score (nSPS) is 16.8. The number of aromatic hydroxyl groups is 12. The van der Waals surface area contributed by atoms with Gasteiger partial charge < -0.3 is 71.5 Å². The highest BCUT2D eigenvalue weighted by atomic mass is 16.3. The summed E-state index contributed by atoms with van der Waals surface area (Å²) in [6, 6.07) is 48.9. The summed E-state index contributed by atoms with van der Waals surface area (Å²) in [6.45, 7) is 50.9. The highest BCUT2D eigenvalue weighted by molar-refractivity contribution is 5.62. The molecule has 0 heterocycles. The topological polar surface area (TPSA) is 283 Å². The Morgan fingerprint density at radius 2 is 0.396 bits per heavy atom. The maximum absolute atomic E-state index is 11.0. The SMILES string of the molecule is CC1=CC(C)C(C(c2cc(C)cc(C)c2O)c2cc(C)cc(C)c2O)CC1.Cc1cc(C)c(O)c(C(c2cc(C)cc(C)c2O)C2CC2)c1.Cc1cc(C)c(O)c(C(c2cc(C)cc(C)c2O)C2CCC2)c1.Cc1cc(C)c(O)c(C(c2cc(C)cc(C)c2O)C2CCC2C)c1.Cc1cc(C)c(O)c(C(c2cc(C)cc(C)c2O)C2CCCCC2)c1.Cc1cc(CCO)cc(C(c2cc(CCO)cc(C)c2O)C2CCCC2)c1O. The number of phenols is 12. The van der Waals surface area contributed by atoms with Crippen molar-refractivity contribution in [2.24, 2.45) is 47.3 Å². The molecule has 4 atom stereocenters. The summed E-state index contributed by atoms with van der Waals surface area (Å²) in [5.41, 5.74) is 36.9. The minimum atomic E-state index is -0.0998. The van der Waals surface area contributed by atoms with E-state index in [0.29, 0.717) is 118 Å². The molecule has 0 aliphatic heterocycles. The van der Waals surface area contributed by atoms with Crippen molar-refractivity contribution in [3.63, 3.8) is 0 Å². The molecule has 6 aliphatic rings. The lowest BCUT2D eigenvalue weighted by atomic mass is 9.63. The third kappa shape index (κ3) is 26.4. The second-order valence-corrected chi connectivity index (χ2v) is 46.5. The molecule has 4 unspecified atom stereocenters. The summed E-state index contributed by atoms with van der Waals surface area (Å²) >= 11 is 0. The van der Waals surface area contributed by atoms with Crippen LogP contribution in [-0.4, -0.2) is 84.7 Å². The Morgan fingerprint density at radius 1 is 0.201 bits per heavy atom. The van der Waals surface area contributed by atoms with Crippen LogP contribution < -0.4 is 0 Å². The van der Waals surface area contributed by atoms with Crippen molar-refractivity contribution in [1.82, 2.24) is 0 Å². The lowest BCUT2D eigenvalue weighted by Gasteiger charge is -2.41. The van der Waals surface area contributed by atoms with Gasteiger partial charge in [0.2, 0.25) is 0 Å². The molecule has 14 heteroatoms. The van der Waals surface area contributed by atoms with Crippen LogP contribution in [0.3, 0.4) is 0 Å². The smallest absolute Gasteiger partial charge is 0.122 e. The summed E-state index contributed by atoms with van der Waals surface area (Å²) in [6.07, 6.45) is 24.3. The summed E-state index contributed by atoms with van der Waals surface area (Å²) < 4.78 is 0. The number of allylic oxidation sites excluding steroid dienone is 2. The van der Waals surface area contributed by atoms with Gasteiger partial charge in [-0.05, 0) is 368 Å². The van der Waals surface area contributed by atoms with E-state index in [1.54, 1.807) is 0 Å². The van der Waals surface area contributed by atoms with Gasteiger partial charge in [-0.2, -0.15) is 0 Å². The molecule has 0 spiro atoms. The molecule has 0 radical (unpaired) electrons. The molecule has 14 nitrogen and oxygen atoms in total. The first-order valence-electron chi connectivity index (χ1n) is 55.1. The molecule has 5 saturated carbocycles. The monoisotopic (exact) mass is 2020 g/mol. The van der Waals surface area contributed by atoms with E-state index in [2.05, 4.69) is 157 Å². The van der Waals surface area contributed by atoms with Crippen molar-refractivity contribution in [2.75, 3.05) is 13.2 Å². The first-order chi connectivity index (χ1) is 70.6. The van der Waals surface area contributed by atoms with E-state index in [0.717, 1.165) is 284 Å². The molecule has 18 rings (SSSR count). The molecule has 0 bridgehead atoms. The van der Waals surface area contributed by atoms with Crippen LogP contribution in [0, 0.1) is 200 Å². The van der Waals surface area contributed by atoms with Gasteiger partial charge in [0, 0.05) is 115 Å². The minimum absolute atomic E-state index is 0.0263. The fourth-order valence-corrected chi connectivity index (χ4v) is 26.0. The number of benzene rings is 12. The molecule has 5 fully saturated rings. The first kappa shape index (κ1) is 114. The van der Waals surface area contributed by atoms with Crippen LogP contribution in [0.5, 0.6) is 69.0 Å². The average Bonchev–Trinajstić information content (AvgIpc) is 1.24. The second kappa shape index (κ2) is 49.3. The van der Waals surface area contributed by atoms with Crippen molar-refractivity contribution in [1.29, 1.82) is 0 Å². The van der Waals surface area contributed by atoms with E-state index in [1.807, 2.05) is 168 Å². The number of rotatable bonds is 22. The molecule has 6 aliphatic carbocycles. The number of hydrogen-bond acceptors (Lipinski definition) is 14. The van der Waals surface area contributed by atoms with Crippen LogP contribution >= 0.6 is 0 Å². The fourth-order valence-electron chi connectivity index (χ4n) is 26.0. The zero-order chi connectivity index (χ0) is 109. The third-order valence-corrected chi connectivity index (χ3v) is 33.7. The summed E-state index contributed by atoms with van der Waals surface area (Å²) in [4.78, 5) is 0. The Kier molecular flexibility index (Phi) is 37.8. The largest absolute Gasteiger partial charge is 0.507 e. The molecular weight excluding hydrogens is 1850 g/mol. The van der Waals surface area contributed by atoms with Crippen molar-refractivity contribution in [3.8, 4) is 69.0 Å². The first-order valence-corrected chi connectivity index (χ1v) is 55.1. The number of phenolic OH excluding ortho intramolecular Hbond substituents is 12. The number of aliphatic hydroxyl groups is 2. The van der Waals surface area contributed by atoms with Gasteiger partial charge in [-0.15, -0.1) is 0 Å². The highest BCUT2D eigenvalue weighted by Crippen LogP contribution is 2.58. The van der Waals surface area contributed by atoms with E-state index in [9.17, 15) is 71.5 Å². The fraction of sp³-hybridized carbons (Fsp3) is 0.452. The molecule has 0 aromatic heterocycles. The Bertz CT molecular complexity index is 6470. The van der Waals surface area contributed by atoms with Gasteiger partial charge in [-0.1, -0.05) is 272 Å². The number of hydrogen-bond donors (Lipinski definition) is 14. The predicted molar refractivity (Wildman–Crippen MR) is 610 cm³/mol. The average molecular weight is 2020 g/mol. The molecular formula is C135H172O14. The van der Waals surface area contributed by atoms with Gasteiger partial charge in [0.1, 0.15) is 69.0 Å². The van der Waals surface area contributed by atoms with Crippen molar-refractivity contribution in [3.05, 3.63) is 358 Å². The van der Waals surface area contributed by atoms with E-state index in [1.165, 1.54) is 37.7 Å². The van der Waals surface area contributed by atoms with E-state index >= 15 is 0 Å². The zero-order valence-corrected chi connectivity index (χ0v) is 93.8. The molecule has 12 aromatic carbocycles. The Labute approximate surface area is 889 Å². The molecule has 149 heavy (non-hydrogen) atoms. The van der Waals surface area contributed by atoms with Gasteiger partial charge in [0.25, 0.3) is 0 Å². The standard InChI is InChI=1S/C25H32O2.C24H32O4.C23H30O2.C22H28O2.C21H26O2.C20H24O2/c1-14-7-8-20(17(4)9-14)23(21-12-15(2)10-18(5)24(21)26)22-13-16(3)11-19(6)25(22)27;1-15-11-17(7-9-25)13-20(23(15)27)22(19-5-3-4-6-19)21-14-18(8-10-26)12-16(2)24(21)28;1-14-10-16(3)22(24)19(12-14)21(18-8-6-5-7-9-18)20-13-15(2)11-17(4)23(20)25;1-12-8-15(4)21(23)18(10-12)20(17-7-6-14(17)3)19-11-13(2)9-16(5)22(19)24;1-12-8-14(3)20(22)17(10-12)19(16-6-5-7-16)18-11-13(2)9-15(4)21(18)23;1-11-7-13(3)19(21)16(9-11)18(15-5-6-15)17-10-12(2)8-14(4)20(17)22/h9-13,17,20,23,26-27H,7-8H2,1-6H3;11-14,19,22,25-28H,3-10H2,1-2H3;10-13,18,21,24-25H,5-9H2,1-4H3;8-11,14,17,20,23-24H,6-7H2,1-5H3;8-11,16,19,22-23H,5-7H2,1-4H3;7-10,15,18,21-22H,5-6H2,1-4H3. The van der Waals surface area contributed by atoms with E-state index < -0.39 is 0 Å². The van der Waals surface area contributed by atoms with Gasteiger partial charge in [-0.3, -0.25) is 0 Å². The molecule has 0 saturated heterocycles. The van der Waals surface area contributed by atoms with Crippen LogP contribution in [0.15, 0.2) is 157 Å². The van der Waals surface area contributed by atoms with E-state index in [-0.39, 0.29) is 60.2 Å². The third-order valence-electron chi connectivity index (χ3n) is 33.7. The van der Waals surface area contributed by atoms with Gasteiger partial charge in [0.15, 0.2) is 0 Å². The lowest BCUT2D eigenvalue weighted by Crippen LogP contribution is -2.30. The summed E-state index contributed by atoms with van der Waals surface area (Å²) in [5, 5.41) is 148. The van der Waals surface area contributed by atoms with Crippen LogP contribution in [0.25, 0.3) is 0 Å². The number of aryl methyl sites for hydroxylation is 22.